The van der Waals surface area contributed by atoms with E-state index < -0.39 is 0 Å². The summed E-state index contributed by atoms with van der Waals surface area (Å²) in [5.74, 6) is 3.05. The van der Waals surface area contributed by atoms with Crippen molar-refractivity contribution in [3.8, 4) is 5.75 Å². The van der Waals surface area contributed by atoms with Gasteiger partial charge < -0.3 is 9.39 Å². The van der Waals surface area contributed by atoms with Crippen LogP contribution in [0.5, 0.6) is 5.75 Å². The fraction of sp³-hybridized carbons (Fsp3) is 0.619. The lowest BCUT2D eigenvalue weighted by molar-refractivity contribution is 0.386. The first kappa shape index (κ1) is 17.4. The molecule has 3 rings (SSSR count). The van der Waals surface area contributed by atoms with Crippen molar-refractivity contribution in [3.05, 3.63) is 36.4 Å². The first-order chi connectivity index (χ1) is 11.8. The number of methoxy groups -OCH3 is 1. The Labute approximate surface area is 147 Å². The van der Waals surface area contributed by atoms with Gasteiger partial charge in [0.2, 0.25) is 0 Å². The molecule has 2 aliphatic rings. The molecular weight excluding hydrogens is 295 g/mol. The third kappa shape index (κ3) is 4.17. The standard InChI is InChI=1S/C21H31BO2/c1-17(20-15-9-10-16-21(20)23-2)24-22(18-11-5-3-6-12-18)19-13-7-4-8-14-19/h9-10,15-16,18-19H,1,3-8,11-14H2,2H3. The summed E-state index contributed by atoms with van der Waals surface area (Å²) in [4.78, 5) is 0. The Hall–Kier alpha value is -1.38. The predicted molar refractivity (Wildman–Crippen MR) is 103 cm³/mol. The van der Waals surface area contributed by atoms with Crippen LogP contribution in [-0.2, 0) is 4.65 Å². The van der Waals surface area contributed by atoms with Gasteiger partial charge in [-0.15, -0.1) is 0 Å². The summed E-state index contributed by atoms with van der Waals surface area (Å²) in [7, 11) is 1.71. The van der Waals surface area contributed by atoms with Gasteiger partial charge in [-0.05, 0) is 23.8 Å². The molecule has 2 fully saturated rings. The molecule has 2 nitrogen and oxygen atoms in total. The minimum Gasteiger partial charge on any atom is -0.560 e. The van der Waals surface area contributed by atoms with Crippen LogP contribution in [0.2, 0.25) is 11.6 Å². The molecule has 2 saturated carbocycles. The van der Waals surface area contributed by atoms with Crippen LogP contribution in [0.25, 0.3) is 5.76 Å². The van der Waals surface area contributed by atoms with Gasteiger partial charge >= 0.3 is 6.92 Å². The van der Waals surface area contributed by atoms with E-state index in [0.29, 0.717) is 18.6 Å². The highest BCUT2D eigenvalue weighted by atomic mass is 16.5. The van der Waals surface area contributed by atoms with Crippen LogP contribution >= 0.6 is 0 Å². The summed E-state index contributed by atoms with van der Waals surface area (Å²) < 4.78 is 12.1. The summed E-state index contributed by atoms with van der Waals surface area (Å²) in [5, 5.41) is 0. The second-order valence-corrected chi connectivity index (χ2v) is 7.50. The van der Waals surface area contributed by atoms with E-state index in [1.807, 2.05) is 18.2 Å². The fourth-order valence-corrected chi connectivity index (χ4v) is 4.61. The molecule has 0 bridgehead atoms. The highest BCUT2D eigenvalue weighted by Gasteiger charge is 2.38. The molecule has 0 spiro atoms. The Kier molecular flexibility index (Phi) is 6.28. The topological polar surface area (TPSA) is 18.5 Å². The normalized spacial score (nSPS) is 19.7. The van der Waals surface area contributed by atoms with Crippen molar-refractivity contribution in [2.45, 2.75) is 75.8 Å². The molecule has 0 atom stereocenters. The Bertz CT molecular complexity index is 512. The number of para-hydroxylation sites is 1. The monoisotopic (exact) mass is 326 g/mol. The summed E-state index contributed by atoms with van der Waals surface area (Å²) in [6, 6.07) is 8.07. The van der Waals surface area contributed by atoms with Crippen molar-refractivity contribution in [2.24, 2.45) is 0 Å². The molecule has 0 amide bonds. The number of hydrogen-bond donors (Lipinski definition) is 0. The zero-order chi connectivity index (χ0) is 16.8. The average Bonchev–Trinajstić information content (AvgIpc) is 2.67. The Morgan fingerprint density at radius 1 is 0.917 bits per heavy atom. The van der Waals surface area contributed by atoms with Crippen LogP contribution in [0.1, 0.15) is 69.8 Å². The first-order valence-corrected chi connectivity index (χ1v) is 9.78. The average molecular weight is 326 g/mol. The van der Waals surface area contributed by atoms with Crippen LogP contribution in [-0.4, -0.2) is 14.0 Å². The van der Waals surface area contributed by atoms with Crippen LogP contribution in [0.4, 0.5) is 0 Å². The summed E-state index contributed by atoms with van der Waals surface area (Å²) in [6.07, 6.45) is 13.5. The van der Waals surface area contributed by atoms with Crippen LogP contribution in [0.15, 0.2) is 30.8 Å². The van der Waals surface area contributed by atoms with Gasteiger partial charge in [0.05, 0.1) is 12.7 Å². The highest BCUT2D eigenvalue weighted by molar-refractivity contribution is 6.56. The van der Waals surface area contributed by atoms with Crippen LogP contribution < -0.4 is 4.74 Å². The van der Waals surface area contributed by atoms with Gasteiger partial charge in [-0.3, -0.25) is 0 Å². The van der Waals surface area contributed by atoms with E-state index in [1.165, 1.54) is 64.2 Å². The third-order valence-electron chi connectivity index (χ3n) is 5.91. The molecule has 130 valence electrons. The van der Waals surface area contributed by atoms with Gasteiger partial charge in [-0.1, -0.05) is 82.9 Å². The molecule has 2 aliphatic carbocycles. The fourth-order valence-electron chi connectivity index (χ4n) is 4.61. The van der Waals surface area contributed by atoms with Crippen molar-refractivity contribution >= 4 is 12.7 Å². The van der Waals surface area contributed by atoms with E-state index in [2.05, 4.69) is 12.6 Å². The van der Waals surface area contributed by atoms with Gasteiger partial charge in [0, 0.05) is 0 Å². The second kappa shape index (κ2) is 8.64. The zero-order valence-electron chi connectivity index (χ0n) is 15.1. The van der Waals surface area contributed by atoms with E-state index in [-0.39, 0.29) is 0 Å². The largest absolute Gasteiger partial charge is 0.560 e. The molecule has 1 aromatic carbocycles. The molecule has 0 aliphatic heterocycles. The lowest BCUT2D eigenvalue weighted by atomic mass is 9.41. The molecular formula is C21H31BO2. The van der Waals surface area contributed by atoms with E-state index in [4.69, 9.17) is 9.39 Å². The van der Waals surface area contributed by atoms with Crippen molar-refractivity contribution in [1.82, 2.24) is 0 Å². The smallest absolute Gasteiger partial charge is 0.363 e. The van der Waals surface area contributed by atoms with Crippen molar-refractivity contribution in [3.63, 3.8) is 0 Å². The lowest BCUT2D eigenvalue weighted by Gasteiger charge is -2.35. The number of rotatable bonds is 6. The summed E-state index contributed by atoms with van der Waals surface area (Å²) >= 11 is 0. The molecule has 0 N–H and O–H groups in total. The van der Waals surface area contributed by atoms with Gasteiger partial charge in [0.25, 0.3) is 0 Å². The number of benzene rings is 1. The van der Waals surface area contributed by atoms with Gasteiger partial charge in [-0.25, -0.2) is 0 Å². The zero-order valence-corrected chi connectivity index (χ0v) is 15.1. The number of ether oxygens (including phenoxy) is 1. The Morgan fingerprint density at radius 2 is 1.46 bits per heavy atom. The maximum Gasteiger partial charge on any atom is 0.363 e. The predicted octanol–water partition coefficient (Wildman–Crippen LogP) is 6.34. The molecule has 0 saturated heterocycles. The molecule has 1 aromatic rings. The molecule has 0 radical (unpaired) electrons. The van der Waals surface area contributed by atoms with Gasteiger partial charge in [-0.2, -0.15) is 0 Å². The van der Waals surface area contributed by atoms with Crippen LogP contribution in [0.3, 0.4) is 0 Å². The quantitative estimate of drug-likeness (QED) is 0.448. The SMILES string of the molecule is C=C(OB(C1CCCCC1)C1CCCCC1)c1ccccc1OC. The lowest BCUT2D eigenvalue weighted by Crippen LogP contribution is -2.32. The molecule has 24 heavy (non-hydrogen) atoms. The minimum atomic E-state index is 0.336. The molecule has 3 heteroatoms. The van der Waals surface area contributed by atoms with E-state index in [9.17, 15) is 0 Å². The molecule has 0 aromatic heterocycles. The first-order valence-electron chi connectivity index (χ1n) is 9.78. The number of hydrogen-bond acceptors (Lipinski definition) is 2. The van der Waals surface area contributed by atoms with Crippen molar-refractivity contribution < 1.29 is 9.39 Å². The van der Waals surface area contributed by atoms with Crippen LogP contribution in [0, 0.1) is 0 Å². The van der Waals surface area contributed by atoms with E-state index in [0.717, 1.165) is 17.1 Å². The summed E-state index contributed by atoms with van der Waals surface area (Å²) in [5.41, 5.74) is 0.997. The Balaban J connectivity index is 1.75. The maximum absolute atomic E-state index is 6.58. The van der Waals surface area contributed by atoms with Gasteiger partial charge in [0.15, 0.2) is 0 Å². The third-order valence-corrected chi connectivity index (χ3v) is 5.91. The molecule has 0 unspecified atom stereocenters. The van der Waals surface area contributed by atoms with E-state index >= 15 is 0 Å². The van der Waals surface area contributed by atoms with Crippen molar-refractivity contribution in [1.29, 1.82) is 0 Å². The van der Waals surface area contributed by atoms with Gasteiger partial charge in [0.1, 0.15) is 11.5 Å². The van der Waals surface area contributed by atoms with E-state index in [1.54, 1.807) is 7.11 Å². The maximum atomic E-state index is 6.58. The molecule has 0 heterocycles. The minimum absolute atomic E-state index is 0.336. The second-order valence-electron chi connectivity index (χ2n) is 7.50. The highest BCUT2D eigenvalue weighted by Crippen LogP contribution is 2.43. The van der Waals surface area contributed by atoms with Crippen molar-refractivity contribution in [2.75, 3.05) is 7.11 Å². The Morgan fingerprint density at radius 3 is 2.00 bits per heavy atom. The summed E-state index contributed by atoms with van der Waals surface area (Å²) in [6.45, 7) is 4.60.